The summed E-state index contributed by atoms with van der Waals surface area (Å²) in [7, 11) is 0. The number of carbonyl (C=O) groups excluding carboxylic acids is 1. The maximum Gasteiger partial charge on any atom is 1.00 e. The Balaban J connectivity index is 0. The molecule has 0 rings (SSSR count). The molecule has 0 aliphatic carbocycles. The fourth-order valence-corrected chi connectivity index (χ4v) is 1.78. The summed E-state index contributed by atoms with van der Waals surface area (Å²) in [6, 6.07) is 0. The van der Waals surface area contributed by atoms with Gasteiger partial charge < -0.3 is 9.90 Å². The summed E-state index contributed by atoms with van der Waals surface area (Å²) in [5, 5.41) is 10.1. The van der Waals surface area contributed by atoms with Crippen LogP contribution in [0.1, 0.15) is 58.3 Å². The number of rotatable bonds is 12. The van der Waals surface area contributed by atoms with E-state index in [4.69, 9.17) is 0 Å². The molecule has 0 atom stereocenters. The van der Waals surface area contributed by atoms with Gasteiger partial charge in [0.1, 0.15) is 0 Å². The van der Waals surface area contributed by atoms with Gasteiger partial charge in [0.05, 0.1) is 5.97 Å². The number of carboxylic acids is 1. The Morgan fingerprint density at radius 3 is 1.95 bits per heavy atom. The van der Waals surface area contributed by atoms with Gasteiger partial charge in [0, 0.05) is 0 Å². The van der Waals surface area contributed by atoms with Crippen LogP contribution in [0.25, 0.3) is 0 Å². The minimum absolute atomic E-state index is 0. The molecule has 0 bridgehead atoms. The first kappa shape index (κ1) is 23.3. The van der Waals surface area contributed by atoms with E-state index in [9.17, 15) is 9.90 Å². The third kappa shape index (κ3) is 22.5. The van der Waals surface area contributed by atoms with E-state index in [1.54, 1.807) is 12.2 Å². The predicted octanol–water partition coefficient (Wildman–Crippen LogP) is 1.11. The summed E-state index contributed by atoms with van der Waals surface area (Å²) >= 11 is 0. The number of unbranched alkanes of at least 4 members (excludes halogenated alkanes) is 7. The summed E-state index contributed by atoms with van der Waals surface area (Å²) in [5.41, 5.74) is 0. The van der Waals surface area contributed by atoms with Gasteiger partial charge in [-0.3, -0.25) is 0 Å². The SMILES string of the molecule is CCCCCCCCCC=CC=CC=CC=CC(=O)[O-].[K+]. The second kappa shape index (κ2) is 20.1. The molecule has 0 saturated carbocycles. The third-order valence-corrected chi connectivity index (χ3v) is 2.90. The van der Waals surface area contributed by atoms with E-state index in [1.165, 1.54) is 51.0 Å². The Bertz CT molecular complexity index is 341. The van der Waals surface area contributed by atoms with E-state index in [-0.39, 0.29) is 51.4 Å². The van der Waals surface area contributed by atoms with Crippen LogP contribution in [0.2, 0.25) is 0 Å². The molecule has 2 nitrogen and oxygen atoms in total. The van der Waals surface area contributed by atoms with Gasteiger partial charge in [0.2, 0.25) is 0 Å². The molecule has 0 aromatic rings. The maximum absolute atomic E-state index is 10.1. The number of aliphatic carboxylic acids is 1. The van der Waals surface area contributed by atoms with Gasteiger partial charge in [-0.15, -0.1) is 0 Å². The van der Waals surface area contributed by atoms with Gasteiger partial charge in [-0.1, -0.05) is 88.0 Å². The maximum atomic E-state index is 10.1. The van der Waals surface area contributed by atoms with Crippen molar-refractivity contribution < 1.29 is 61.3 Å². The third-order valence-electron chi connectivity index (χ3n) is 2.90. The van der Waals surface area contributed by atoms with Crippen LogP contribution in [-0.4, -0.2) is 5.97 Å². The number of carboxylic acid groups (broad SMARTS) is 1. The van der Waals surface area contributed by atoms with Crippen molar-refractivity contribution in [3.8, 4) is 0 Å². The number of carbonyl (C=O) groups is 1. The molecule has 0 aromatic heterocycles. The van der Waals surface area contributed by atoms with Crippen molar-refractivity contribution in [2.75, 3.05) is 0 Å². The molecule has 0 fully saturated rings. The van der Waals surface area contributed by atoms with Crippen LogP contribution < -0.4 is 56.5 Å². The molecule has 112 valence electrons. The summed E-state index contributed by atoms with van der Waals surface area (Å²) in [6.07, 6.45) is 24.5. The molecule has 0 aliphatic heterocycles. The normalized spacial score (nSPS) is 11.9. The largest absolute Gasteiger partial charge is 1.00 e. The molecule has 0 spiro atoms. The van der Waals surface area contributed by atoms with Gasteiger partial charge in [0.15, 0.2) is 0 Å². The molecule has 0 aliphatic rings. The van der Waals surface area contributed by atoms with E-state index in [1.807, 2.05) is 18.2 Å². The van der Waals surface area contributed by atoms with Gasteiger partial charge in [-0.2, -0.15) is 0 Å². The van der Waals surface area contributed by atoms with Crippen molar-refractivity contribution in [3.05, 3.63) is 48.6 Å². The first-order chi connectivity index (χ1) is 9.77. The molecule has 21 heavy (non-hydrogen) atoms. The monoisotopic (exact) mass is 314 g/mol. The number of allylic oxidation sites excluding steroid dienone is 7. The molecular weight excluding hydrogens is 287 g/mol. The van der Waals surface area contributed by atoms with Gasteiger partial charge in [-0.25, -0.2) is 0 Å². The van der Waals surface area contributed by atoms with Gasteiger partial charge >= 0.3 is 51.4 Å². The van der Waals surface area contributed by atoms with E-state index in [2.05, 4.69) is 13.0 Å². The van der Waals surface area contributed by atoms with E-state index >= 15 is 0 Å². The second-order valence-electron chi connectivity index (χ2n) is 4.79. The Morgan fingerprint density at radius 1 is 0.810 bits per heavy atom. The van der Waals surface area contributed by atoms with Crippen LogP contribution in [0.3, 0.4) is 0 Å². The zero-order valence-electron chi connectivity index (χ0n) is 13.6. The average molecular weight is 315 g/mol. The minimum Gasteiger partial charge on any atom is -0.545 e. The summed E-state index contributed by atoms with van der Waals surface area (Å²) < 4.78 is 0. The standard InChI is InChI=1S/C18H28O2.K/c1-2-3-4-5-6-7-8-9-10-11-12-13-14-15-16-17-18(19)20;/h10-17H,2-9H2,1H3,(H,19,20);/q;+1/p-1. The Kier molecular flexibility index (Phi) is 22.3. The number of hydrogen-bond acceptors (Lipinski definition) is 2. The predicted molar refractivity (Wildman–Crippen MR) is 84.2 cm³/mol. The first-order valence-corrected chi connectivity index (χ1v) is 7.65. The van der Waals surface area contributed by atoms with E-state index < -0.39 is 5.97 Å². The van der Waals surface area contributed by atoms with Crippen molar-refractivity contribution in [3.63, 3.8) is 0 Å². The van der Waals surface area contributed by atoms with Crippen molar-refractivity contribution in [1.82, 2.24) is 0 Å². The first-order valence-electron chi connectivity index (χ1n) is 7.65. The molecule has 0 amide bonds. The summed E-state index contributed by atoms with van der Waals surface area (Å²) in [5.74, 6) is -1.17. The topological polar surface area (TPSA) is 40.1 Å². The molecule has 0 saturated heterocycles. The molecule has 0 unspecified atom stereocenters. The molecule has 0 aromatic carbocycles. The quantitative estimate of drug-likeness (QED) is 0.234. The molecular formula is C18H27KO2. The smallest absolute Gasteiger partial charge is 0.545 e. The Hall–Kier alpha value is 0.0664. The molecule has 3 heteroatoms. The van der Waals surface area contributed by atoms with Crippen molar-refractivity contribution in [1.29, 1.82) is 0 Å². The molecule has 0 N–H and O–H groups in total. The summed E-state index contributed by atoms with van der Waals surface area (Å²) in [6.45, 7) is 2.24. The number of hydrogen-bond donors (Lipinski definition) is 0. The van der Waals surface area contributed by atoms with Crippen molar-refractivity contribution >= 4 is 5.97 Å². The van der Waals surface area contributed by atoms with Crippen LogP contribution >= 0.6 is 0 Å². The van der Waals surface area contributed by atoms with Crippen molar-refractivity contribution in [2.24, 2.45) is 0 Å². The van der Waals surface area contributed by atoms with Crippen LogP contribution in [0.5, 0.6) is 0 Å². The zero-order valence-corrected chi connectivity index (χ0v) is 16.7. The van der Waals surface area contributed by atoms with Gasteiger partial charge in [-0.05, 0) is 18.9 Å². The Labute approximate surface area is 172 Å². The van der Waals surface area contributed by atoms with Crippen LogP contribution in [0.4, 0.5) is 0 Å². The van der Waals surface area contributed by atoms with Crippen LogP contribution in [-0.2, 0) is 4.79 Å². The van der Waals surface area contributed by atoms with E-state index in [0.29, 0.717) is 0 Å². The average Bonchev–Trinajstić information content (AvgIpc) is 2.43. The Morgan fingerprint density at radius 2 is 1.33 bits per heavy atom. The zero-order chi connectivity index (χ0) is 14.9. The van der Waals surface area contributed by atoms with Gasteiger partial charge in [0.25, 0.3) is 0 Å². The second-order valence-corrected chi connectivity index (χ2v) is 4.79. The molecule has 0 heterocycles. The van der Waals surface area contributed by atoms with Crippen LogP contribution in [0, 0.1) is 0 Å². The minimum atomic E-state index is -1.17. The van der Waals surface area contributed by atoms with E-state index in [0.717, 1.165) is 12.5 Å². The fourth-order valence-electron chi connectivity index (χ4n) is 1.78. The fraction of sp³-hybridized carbons (Fsp3) is 0.500. The summed E-state index contributed by atoms with van der Waals surface area (Å²) in [4.78, 5) is 10.1. The molecule has 0 radical (unpaired) electrons. The van der Waals surface area contributed by atoms with Crippen LogP contribution in [0.15, 0.2) is 48.6 Å². The van der Waals surface area contributed by atoms with Crippen molar-refractivity contribution in [2.45, 2.75) is 58.3 Å².